The molecule has 0 aliphatic carbocycles. The fourth-order valence-corrected chi connectivity index (χ4v) is 40.0. The smallest absolute Gasteiger partial charge is 0.0986 e. The standard InChI is InChI=1S/C32H20NPS.2C28H18NPS.C24H16NPS/c35-34-29-15-7-5-13-25(29)27-19-17-21-9-1-3-11-23(21)31(27)33(34)32-24-12-4-2-10-22(24)18-20-28(32)26-14-6-8-16-30(26)34;31-30-27-15-7-4-12-22(27)21-11-3-6-14-25(21)29(30)26-18-20-10-2-1-9-19(20)17-24(26)23-13-5-8-16-28(23)30;31-30-26-15-7-4-12-22(26)21-11-3-6-14-25(21)29(30)28-20-10-2-1-9-19(20)17-18-24(28)23-13-5-8-16-27(23)30;27-26-23-15-7-3-11-19(23)17-9-1-5-13-21(17)25(26)22-14-6-2-10-18(22)20-12-4-8-16-24(20)26/h1-20H;2*1-18H;1-16H. The molecule has 0 aromatic heterocycles. The quantitative estimate of drug-likeness (QED) is 0.138. The first-order chi connectivity index (χ1) is 61.1. The maximum Gasteiger partial charge on any atom is 0.0986 e. The van der Waals surface area contributed by atoms with Crippen LogP contribution in [0.25, 0.3) is 132 Å². The topological polar surface area (TPSA) is 13.0 Å². The molecule has 8 heterocycles. The van der Waals surface area contributed by atoms with Crippen molar-refractivity contribution >= 4 is 203 Å². The molecule has 0 spiro atoms. The molecular formula is C112H72N4P4S4. The fraction of sp³-hybridized carbons (Fsp3) is 0. The van der Waals surface area contributed by atoms with Gasteiger partial charge in [-0.15, -0.1) is 0 Å². The Morgan fingerprint density at radius 3 is 0.653 bits per heavy atom. The van der Waals surface area contributed by atoms with Crippen LogP contribution in [-0.4, -0.2) is 0 Å². The number of hydrogen-bond acceptors (Lipinski definition) is 4. The maximum atomic E-state index is 6.95. The van der Waals surface area contributed by atoms with Gasteiger partial charge in [-0.25, -0.2) is 0 Å². The van der Waals surface area contributed by atoms with Gasteiger partial charge in [0.1, 0.15) is 0 Å². The van der Waals surface area contributed by atoms with E-state index < -0.39 is 24.8 Å². The summed E-state index contributed by atoms with van der Waals surface area (Å²) < 4.78 is 10.1. The lowest BCUT2D eigenvalue weighted by molar-refractivity contribution is 1.38. The van der Waals surface area contributed by atoms with E-state index in [0.29, 0.717) is 0 Å². The molecule has 584 valence electrons. The molecule has 0 saturated heterocycles. The summed E-state index contributed by atoms with van der Waals surface area (Å²) in [7, 11) is 0. The Morgan fingerprint density at radius 2 is 0.339 bits per heavy atom. The summed E-state index contributed by atoms with van der Waals surface area (Å²) in [6, 6.07) is 158. The van der Waals surface area contributed by atoms with Crippen molar-refractivity contribution in [2.75, 3.05) is 18.7 Å². The predicted octanol–water partition coefficient (Wildman–Crippen LogP) is 27.9. The van der Waals surface area contributed by atoms with Gasteiger partial charge >= 0.3 is 0 Å². The van der Waals surface area contributed by atoms with Crippen molar-refractivity contribution in [2.24, 2.45) is 0 Å². The van der Waals surface area contributed by atoms with E-state index in [1.807, 2.05) is 0 Å². The highest BCUT2D eigenvalue weighted by molar-refractivity contribution is 8.24. The van der Waals surface area contributed by atoms with E-state index in [2.05, 4.69) is 455 Å². The van der Waals surface area contributed by atoms with Crippen LogP contribution in [0.2, 0.25) is 0 Å². The zero-order valence-corrected chi connectivity index (χ0v) is 73.6. The van der Waals surface area contributed by atoms with Crippen molar-refractivity contribution in [3.05, 3.63) is 437 Å². The van der Waals surface area contributed by atoms with Gasteiger partial charge in [-0.05, 0) is 108 Å². The van der Waals surface area contributed by atoms with Crippen molar-refractivity contribution < 1.29 is 0 Å². The van der Waals surface area contributed by atoms with Gasteiger partial charge in [0.05, 0.1) is 70.3 Å². The Labute approximate surface area is 741 Å². The van der Waals surface area contributed by atoms with Gasteiger partial charge in [-0.2, -0.15) is 0 Å². The van der Waals surface area contributed by atoms with E-state index >= 15 is 0 Å². The predicted molar refractivity (Wildman–Crippen MR) is 548 cm³/mol. The zero-order valence-electron chi connectivity index (χ0n) is 66.8. The Morgan fingerprint density at radius 1 is 0.137 bits per heavy atom. The second kappa shape index (κ2) is 28.4. The van der Waals surface area contributed by atoms with Crippen LogP contribution in [0.5, 0.6) is 0 Å². The van der Waals surface area contributed by atoms with Crippen molar-refractivity contribution in [1.29, 1.82) is 0 Å². The summed E-state index contributed by atoms with van der Waals surface area (Å²) in [6.45, 7) is 0. The summed E-state index contributed by atoms with van der Waals surface area (Å²) in [5.41, 5.74) is 30.2. The second-order valence-electron chi connectivity index (χ2n) is 32.5. The molecular weight excluding hydrogens is 1650 g/mol. The van der Waals surface area contributed by atoms with Gasteiger partial charge in [0, 0.05) is 103 Å². The average molecular weight is 1730 g/mol. The molecule has 8 aliphatic rings. The summed E-state index contributed by atoms with van der Waals surface area (Å²) in [5, 5.41) is 20.3. The molecule has 0 saturated carbocycles. The Kier molecular flexibility index (Phi) is 16.9. The highest BCUT2D eigenvalue weighted by Gasteiger charge is 2.50. The van der Waals surface area contributed by atoms with Gasteiger partial charge in [-0.3, -0.25) is 0 Å². The first kappa shape index (κ1) is 73.9. The van der Waals surface area contributed by atoms with Gasteiger partial charge in [0.25, 0.3) is 0 Å². The minimum atomic E-state index is -2.40. The highest BCUT2D eigenvalue weighted by atomic mass is 32.5. The van der Waals surface area contributed by atoms with Crippen LogP contribution >= 0.6 is 24.8 Å². The van der Waals surface area contributed by atoms with Gasteiger partial charge in [-0.1, -0.05) is 448 Å². The fourth-order valence-electron chi connectivity index (χ4n) is 21.0. The van der Waals surface area contributed by atoms with Crippen molar-refractivity contribution in [2.45, 2.75) is 0 Å². The van der Waals surface area contributed by atoms with Crippen LogP contribution in [0.1, 0.15) is 0 Å². The summed E-state index contributed by atoms with van der Waals surface area (Å²) in [5.74, 6) is 0. The number of hydrogen-bond donors (Lipinski definition) is 0. The summed E-state index contributed by atoms with van der Waals surface area (Å²) >= 11 is 27.1. The van der Waals surface area contributed by atoms with Gasteiger partial charge < -0.3 is 18.7 Å². The number of anilines is 8. The largest absolute Gasteiger partial charge is 0.304 e. The van der Waals surface area contributed by atoms with Crippen LogP contribution in [-0.2, 0) is 47.2 Å². The lowest BCUT2D eigenvalue weighted by Crippen LogP contribution is -2.37. The third-order valence-corrected chi connectivity index (χ3v) is 45.2. The molecule has 8 aliphatic heterocycles. The molecule has 20 aromatic carbocycles. The molecule has 0 bridgehead atoms. The molecule has 124 heavy (non-hydrogen) atoms. The minimum Gasteiger partial charge on any atom is -0.304 e. The van der Waals surface area contributed by atoms with E-state index in [-0.39, 0.29) is 0 Å². The monoisotopic (exact) mass is 1720 g/mol. The Hall–Kier alpha value is -12.8. The van der Waals surface area contributed by atoms with Crippen molar-refractivity contribution in [3.63, 3.8) is 0 Å². The number of fused-ring (bicyclic) bond motifs is 51. The molecule has 28 rings (SSSR count). The van der Waals surface area contributed by atoms with Crippen LogP contribution in [0.3, 0.4) is 0 Å². The molecule has 0 amide bonds. The summed E-state index contributed by atoms with van der Waals surface area (Å²) in [6.07, 6.45) is -9.17. The first-order valence-corrected chi connectivity index (χ1v) is 53.0. The molecule has 0 N–H and O–H groups in total. The molecule has 20 aromatic rings. The van der Waals surface area contributed by atoms with Crippen LogP contribution in [0.15, 0.2) is 437 Å². The minimum absolute atomic E-state index is 1.22. The molecule has 0 fully saturated rings. The summed E-state index contributed by atoms with van der Waals surface area (Å²) in [4.78, 5) is 0. The molecule has 12 heteroatoms. The molecule has 0 radical (unpaired) electrons. The first-order valence-electron chi connectivity index (χ1n) is 42.0. The van der Waals surface area contributed by atoms with E-state index in [4.69, 9.17) is 47.2 Å². The molecule has 2 unspecified atom stereocenters. The van der Waals surface area contributed by atoms with E-state index in [9.17, 15) is 0 Å². The average Bonchev–Trinajstić information content (AvgIpc) is 1.40. The lowest BCUT2D eigenvalue weighted by Gasteiger charge is -2.48. The van der Waals surface area contributed by atoms with Gasteiger partial charge in [0.2, 0.25) is 0 Å². The lowest BCUT2D eigenvalue weighted by atomic mass is 9.94. The van der Waals surface area contributed by atoms with Crippen molar-refractivity contribution in [3.8, 4) is 89.0 Å². The third kappa shape index (κ3) is 10.4. The van der Waals surface area contributed by atoms with E-state index in [0.717, 1.165) is 0 Å². The van der Waals surface area contributed by atoms with Crippen LogP contribution in [0.4, 0.5) is 45.5 Å². The number of nitrogens with zero attached hydrogens (tertiary/aromatic N) is 4. The zero-order chi connectivity index (χ0) is 82.3. The van der Waals surface area contributed by atoms with E-state index in [1.165, 1.54) is 220 Å². The number of rotatable bonds is 0. The Balaban J connectivity index is 0.0000000909. The normalized spacial score (nSPS) is 16.3. The van der Waals surface area contributed by atoms with Crippen LogP contribution in [0, 0.1) is 0 Å². The molecule has 4 nitrogen and oxygen atoms in total. The van der Waals surface area contributed by atoms with E-state index in [1.54, 1.807) is 0 Å². The van der Waals surface area contributed by atoms with Gasteiger partial charge in [0.15, 0.2) is 0 Å². The highest BCUT2D eigenvalue weighted by Crippen LogP contribution is 2.72. The second-order valence-corrected chi connectivity index (χ2v) is 48.9. The maximum absolute atomic E-state index is 6.95. The molecule has 2 atom stereocenters. The Bertz CT molecular complexity index is 7990. The SMILES string of the molecule is S=P12c3ccccc3-c3ccc4ccccc4c3N1c1c(ccc3ccccc13)-c1ccccc12.S=P12c3ccccc3-c3ccccc3N1c1c(ccc3ccccc13)-c1ccccc12.S=P12c3ccccc3-c3ccccc3N1c1cc3ccccc3cc1-c1ccccc12.S=P12c3ccccc3-c3ccccc3N1c1ccccc1-c1ccccc12. The van der Waals surface area contributed by atoms with Crippen LogP contribution < -0.4 is 61.1 Å². The van der Waals surface area contributed by atoms with Crippen molar-refractivity contribution in [1.82, 2.24) is 0 Å². The third-order valence-electron chi connectivity index (χ3n) is 26.3. The number of para-hydroxylation sites is 4. The number of benzene rings is 20.